The van der Waals surface area contributed by atoms with Gasteiger partial charge in [-0.2, -0.15) is 0 Å². The molecule has 1 N–H and O–H groups in total. The molecule has 0 aromatic heterocycles. The van der Waals surface area contributed by atoms with E-state index in [1.165, 1.54) is 11.1 Å². The molecule has 5 heteroatoms. The van der Waals surface area contributed by atoms with Crippen LogP contribution in [0.2, 0.25) is 5.02 Å². The van der Waals surface area contributed by atoms with E-state index in [2.05, 4.69) is 40.5 Å². The lowest BCUT2D eigenvalue weighted by Crippen LogP contribution is -2.29. The van der Waals surface area contributed by atoms with Gasteiger partial charge in [-0.05, 0) is 54.3 Å². The van der Waals surface area contributed by atoms with E-state index in [0.717, 1.165) is 31.6 Å². The first-order valence-electron chi connectivity index (χ1n) is 9.33. The van der Waals surface area contributed by atoms with Crippen molar-refractivity contribution in [1.82, 2.24) is 0 Å². The van der Waals surface area contributed by atoms with Crippen LogP contribution in [0.3, 0.4) is 0 Å². The first-order chi connectivity index (χ1) is 13.7. The van der Waals surface area contributed by atoms with Crippen molar-refractivity contribution in [3.8, 4) is 5.75 Å². The summed E-state index contributed by atoms with van der Waals surface area (Å²) >= 11 is 5.87. The number of nitrogens with zero attached hydrogens (tertiary/aromatic N) is 1. The molecule has 1 amide bonds. The number of anilines is 2. The molecule has 0 atom stereocenters. The number of carbonyl (C=O) groups is 1. The Kier molecular flexibility index (Phi) is 5.49. The van der Waals surface area contributed by atoms with Crippen molar-refractivity contribution in [2.45, 2.75) is 19.4 Å². The number of nitrogens with one attached hydrogen (secondary N) is 1. The zero-order valence-electron chi connectivity index (χ0n) is 15.4. The average molecular weight is 393 g/mol. The molecule has 3 aromatic rings. The van der Waals surface area contributed by atoms with Crippen molar-refractivity contribution in [2.24, 2.45) is 0 Å². The van der Waals surface area contributed by atoms with Crippen LogP contribution < -0.4 is 15.0 Å². The maximum absolute atomic E-state index is 12.2. The second-order valence-corrected chi connectivity index (χ2v) is 7.26. The molecule has 0 fully saturated rings. The van der Waals surface area contributed by atoms with E-state index in [-0.39, 0.29) is 0 Å². The maximum atomic E-state index is 12.2. The van der Waals surface area contributed by atoms with Gasteiger partial charge in [0, 0.05) is 35.6 Å². The number of hydrogen-bond acceptors (Lipinski definition) is 3. The Balaban J connectivity index is 1.48. The van der Waals surface area contributed by atoms with Gasteiger partial charge in [0.2, 0.25) is 0 Å². The SMILES string of the molecule is O=C(Nc1ccc(Cl)cc1)Oc1ccc2c(c1)N(Cc1ccccc1)CCC2. The van der Waals surface area contributed by atoms with Gasteiger partial charge >= 0.3 is 6.09 Å². The van der Waals surface area contributed by atoms with Crippen LogP contribution in [0.25, 0.3) is 0 Å². The first-order valence-corrected chi connectivity index (χ1v) is 9.71. The Morgan fingerprint density at radius 2 is 1.82 bits per heavy atom. The van der Waals surface area contributed by atoms with Crippen LogP contribution in [0, 0.1) is 0 Å². The number of aryl methyl sites for hydroxylation is 1. The highest BCUT2D eigenvalue weighted by Crippen LogP contribution is 2.32. The molecule has 0 bridgehead atoms. The third-order valence-corrected chi connectivity index (χ3v) is 5.04. The van der Waals surface area contributed by atoms with Crippen LogP contribution in [-0.2, 0) is 13.0 Å². The van der Waals surface area contributed by atoms with E-state index in [0.29, 0.717) is 16.5 Å². The summed E-state index contributed by atoms with van der Waals surface area (Å²) in [5.41, 5.74) is 4.32. The van der Waals surface area contributed by atoms with Crippen LogP contribution in [0.5, 0.6) is 5.75 Å². The fourth-order valence-corrected chi connectivity index (χ4v) is 3.57. The van der Waals surface area contributed by atoms with E-state index < -0.39 is 6.09 Å². The van der Waals surface area contributed by atoms with E-state index >= 15 is 0 Å². The van der Waals surface area contributed by atoms with E-state index in [4.69, 9.17) is 16.3 Å². The highest BCUT2D eigenvalue weighted by atomic mass is 35.5. The molecule has 1 aliphatic heterocycles. The normalized spacial score (nSPS) is 13.0. The summed E-state index contributed by atoms with van der Waals surface area (Å²) in [5, 5.41) is 3.33. The van der Waals surface area contributed by atoms with Gasteiger partial charge in [-0.25, -0.2) is 4.79 Å². The lowest BCUT2D eigenvalue weighted by Gasteiger charge is -2.31. The second kappa shape index (κ2) is 8.36. The maximum Gasteiger partial charge on any atom is 0.417 e. The Morgan fingerprint density at radius 1 is 1.04 bits per heavy atom. The quantitative estimate of drug-likeness (QED) is 0.600. The number of rotatable bonds is 4. The van der Waals surface area contributed by atoms with Gasteiger partial charge in [-0.15, -0.1) is 0 Å². The van der Waals surface area contributed by atoms with Gasteiger partial charge in [-0.1, -0.05) is 48.0 Å². The number of fused-ring (bicyclic) bond motifs is 1. The number of benzene rings is 3. The molecule has 0 saturated heterocycles. The molecule has 3 aromatic carbocycles. The van der Waals surface area contributed by atoms with Crippen molar-refractivity contribution >= 4 is 29.1 Å². The van der Waals surface area contributed by atoms with E-state index in [9.17, 15) is 4.79 Å². The third kappa shape index (κ3) is 4.46. The predicted molar refractivity (Wildman–Crippen MR) is 113 cm³/mol. The largest absolute Gasteiger partial charge is 0.417 e. The highest BCUT2D eigenvalue weighted by Gasteiger charge is 2.18. The third-order valence-electron chi connectivity index (χ3n) is 4.79. The fraction of sp³-hybridized carbons (Fsp3) is 0.174. The van der Waals surface area contributed by atoms with Crippen LogP contribution in [-0.4, -0.2) is 12.6 Å². The summed E-state index contributed by atoms with van der Waals surface area (Å²) in [7, 11) is 0. The van der Waals surface area contributed by atoms with Gasteiger partial charge in [0.25, 0.3) is 0 Å². The molecule has 1 heterocycles. The minimum absolute atomic E-state index is 0.521. The molecular formula is C23H21ClN2O2. The summed E-state index contributed by atoms with van der Waals surface area (Å²) in [6.45, 7) is 1.83. The molecular weight excluding hydrogens is 372 g/mol. The number of carbonyl (C=O) groups excluding carboxylic acids is 1. The van der Waals surface area contributed by atoms with Gasteiger partial charge < -0.3 is 9.64 Å². The topological polar surface area (TPSA) is 41.6 Å². The number of hydrogen-bond donors (Lipinski definition) is 1. The fourth-order valence-electron chi connectivity index (χ4n) is 3.45. The number of ether oxygens (including phenoxy) is 1. The molecule has 0 radical (unpaired) electrons. The van der Waals surface area contributed by atoms with Crippen molar-refractivity contribution < 1.29 is 9.53 Å². The van der Waals surface area contributed by atoms with Crippen LogP contribution in [0.15, 0.2) is 72.8 Å². The smallest absolute Gasteiger partial charge is 0.410 e. The van der Waals surface area contributed by atoms with Crippen LogP contribution >= 0.6 is 11.6 Å². The van der Waals surface area contributed by atoms with Gasteiger partial charge in [0.05, 0.1) is 0 Å². The summed E-state index contributed by atoms with van der Waals surface area (Å²) in [4.78, 5) is 14.6. The molecule has 0 saturated carbocycles. The monoisotopic (exact) mass is 392 g/mol. The molecule has 0 unspecified atom stereocenters. The first kappa shape index (κ1) is 18.4. The predicted octanol–water partition coefficient (Wildman–Crippen LogP) is 5.90. The zero-order chi connectivity index (χ0) is 19.3. The van der Waals surface area contributed by atoms with Gasteiger partial charge in [0.1, 0.15) is 5.75 Å². The molecule has 0 aliphatic carbocycles. The van der Waals surface area contributed by atoms with E-state index in [1.807, 2.05) is 18.2 Å². The molecule has 28 heavy (non-hydrogen) atoms. The lowest BCUT2D eigenvalue weighted by molar-refractivity contribution is 0.215. The average Bonchev–Trinajstić information content (AvgIpc) is 2.71. The van der Waals surface area contributed by atoms with Gasteiger partial charge in [-0.3, -0.25) is 5.32 Å². The molecule has 142 valence electrons. The summed E-state index contributed by atoms with van der Waals surface area (Å²) in [6.07, 6.45) is 1.64. The number of halogens is 1. The lowest BCUT2D eigenvalue weighted by atomic mass is 10.0. The summed E-state index contributed by atoms with van der Waals surface area (Å²) in [5.74, 6) is 0.533. The van der Waals surface area contributed by atoms with Crippen molar-refractivity contribution in [2.75, 3.05) is 16.8 Å². The Morgan fingerprint density at radius 3 is 2.61 bits per heavy atom. The van der Waals surface area contributed by atoms with Gasteiger partial charge in [0.15, 0.2) is 0 Å². The van der Waals surface area contributed by atoms with Crippen molar-refractivity contribution in [3.05, 3.63) is 88.9 Å². The van der Waals surface area contributed by atoms with Crippen molar-refractivity contribution in [3.63, 3.8) is 0 Å². The summed E-state index contributed by atoms with van der Waals surface area (Å²) < 4.78 is 5.50. The minimum atomic E-state index is -0.521. The summed E-state index contributed by atoms with van der Waals surface area (Å²) in [6, 6.07) is 23.2. The minimum Gasteiger partial charge on any atom is -0.410 e. The molecule has 4 nitrogen and oxygen atoms in total. The molecule has 1 aliphatic rings. The second-order valence-electron chi connectivity index (χ2n) is 6.82. The van der Waals surface area contributed by atoms with E-state index in [1.54, 1.807) is 24.3 Å². The van der Waals surface area contributed by atoms with Crippen LogP contribution in [0.1, 0.15) is 17.5 Å². The zero-order valence-corrected chi connectivity index (χ0v) is 16.2. The Hall–Kier alpha value is -2.98. The molecule has 4 rings (SSSR count). The highest BCUT2D eigenvalue weighted by molar-refractivity contribution is 6.30. The Bertz CT molecular complexity index is 958. The Labute approximate surface area is 169 Å². The van der Waals surface area contributed by atoms with Crippen molar-refractivity contribution in [1.29, 1.82) is 0 Å². The van der Waals surface area contributed by atoms with Crippen LogP contribution in [0.4, 0.5) is 16.2 Å². The number of amides is 1. The standard InChI is InChI=1S/C23H21ClN2O2/c24-19-9-11-20(12-10-19)25-23(27)28-21-13-8-18-7-4-14-26(22(18)15-21)16-17-5-2-1-3-6-17/h1-3,5-6,8-13,15H,4,7,14,16H2,(H,25,27). The molecule has 0 spiro atoms.